The highest BCUT2D eigenvalue weighted by molar-refractivity contribution is 5.74. The lowest BCUT2D eigenvalue weighted by atomic mass is 9.80. The molecule has 0 bridgehead atoms. The fourth-order valence-electron chi connectivity index (χ4n) is 3.11. The Kier molecular flexibility index (Phi) is 3.89. The molecule has 0 saturated heterocycles. The maximum Gasteiger partial charge on any atom is 0.315 e. The SMILES string of the molecule is C[C@@H]1C[C@@H]1[C@H](NC(=O)NCC1(O)CCC1)c1ccccc1. The van der Waals surface area contributed by atoms with Crippen LogP contribution in [0.3, 0.4) is 0 Å². The number of benzene rings is 1. The molecule has 2 amide bonds. The molecule has 3 atom stereocenters. The molecule has 0 unspecified atom stereocenters. The lowest BCUT2D eigenvalue weighted by Gasteiger charge is -2.36. The average Bonchev–Trinajstić information content (AvgIpc) is 3.18. The molecule has 114 valence electrons. The Hall–Kier alpha value is -1.55. The van der Waals surface area contributed by atoms with E-state index in [1.807, 2.05) is 18.2 Å². The van der Waals surface area contributed by atoms with Gasteiger partial charge in [0.1, 0.15) is 0 Å². The van der Waals surface area contributed by atoms with Gasteiger partial charge in [-0.2, -0.15) is 0 Å². The van der Waals surface area contributed by atoms with E-state index in [0.29, 0.717) is 18.4 Å². The molecule has 2 aliphatic rings. The summed E-state index contributed by atoms with van der Waals surface area (Å²) in [5, 5.41) is 15.9. The standard InChI is InChI=1S/C17H24N2O2/c1-12-10-14(12)15(13-6-3-2-4-7-13)19-16(20)18-11-17(21)8-5-9-17/h2-4,6-7,12,14-15,21H,5,8-11H2,1H3,(H2,18,19,20)/t12-,14+,15-/m1/s1. The third-order valence-corrected chi connectivity index (χ3v) is 4.91. The van der Waals surface area contributed by atoms with E-state index in [-0.39, 0.29) is 12.1 Å². The number of aliphatic hydroxyl groups is 1. The molecular weight excluding hydrogens is 264 g/mol. The molecule has 0 aromatic heterocycles. The first-order valence-corrected chi connectivity index (χ1v) is 7.89. The minimum atomic E-state index is -0.674. The highest BCUT2D eigenvalue weighted by Crippen LogP contribution is 2.46. The van der Waals surface area contributed by atoms with Crippen molar-refractivity contribution in [1.82, 2.24) is 10.6 Å². The Balaban J connectivity index is 1.58. The van der Waals surface area contributed by atoms with E-state index >= 15 is 0 Å². The summed E-state index contributed by atoms with van der Waals surface area (Å²) in [5.41, 5.74) is 0.483. The number of hydrogen-bond donors (Lipinski definition) is 3. The van der Waals surface area contributed by atoms with Crippen LogP contribution < -0.4 is 10.6 Å². The van der Waals surface area contributed by atoms with Crippen molar-refractivity contribution in [2.75, 3.05) is 6.54 Å². The molecule has 2 fully saturated rings. The van der Waals surface area contributed by atoms with E-state index in [1.165, 1.54) is 0 Å². The summed E-state index contributed by atoms with van der Waals surface area (Å²) in [6.07, 6.45) is 3.78. The van der Waals surface area contributed by atoms with Crippen LogP contribution in [0.15, 0.2) is 30.3 Å². The Morgan fingerprint density at radius 2 is 2.05 bits per heavy atom. The maximum atomic E-state index is 12.1. The van der Waals surface area contributed by atoms with Crippen LogP contribution in [0.4, 0.5) is 4.79 Å². The van der Waals surface area contributed by atoms with Gasteiger partial charge in [-0.3, -0.25) is 0 Å². The zero-order valence-electron chi connectivity index (χ0n) is 12.5. The first-order valence-electron chi connectivity index (χ1n) is 7.89. The molecule has 4 heteroatoms. The van der Waals surface area contributed by atoms with Crippen LogP contribution in [0.2, 0.25) is 0 Å². The predicted molar refractivity (Wildman–Crippen MR) is 81.8 cm³/mol. The van der Waals surface area contributed by atoms with Gasteiger partial charge in [-0.25, -0.2) is 4.79 Å². The normalized spacial score (nSPS) is 27.3. The molecule has 0 heterocycles. The third kappa shape index (κ3) is 3.38. The summed E-state index contributed by atoms with van der Waals surface area (Å²) in [7, 11) is 0. The zero-order chi connectivity index (χ0) is 14.9. The molecule has 0 radical (unpaired) electrons. The van der Waals surface area contributed by atoms with Crippen LogP contribution >= 0.6 is 0 Å². The summed E-state index contributed by atoms with van der Waals surface area (Å²) in [6, 6.07) is 10.0. The van der Waals surface area contributed by atoms with Crippen LogP contribution in [-0.4, -0.2) is 23.3 Å². The highest BCUT2D eigenvalue weighted by atomic mass is 16.3. The van der Waals surface area contributed by atoms with Crippen LogP contribution in [0.25, 0.3) is 0 Å². The summed E-state index contributed by atoms with van der Waals surface area (Å²) in [5.74, 6) is 1.18. The van der Waals surface area contributed by atoms with Crippen molar-refractivity contribution in [2.45, 2.75) is 44.2 Å². The first-order chi connectivity index (χ1) is 10.1. The Bertz CT molecular complexity index is 499. The van der Waals surface area contributed by atoms with Gasteiger partial charge in [-0.15, -0.1) is 0 Å². The van der Waals surface area contributed by atoms with Crippen LogP contribution in [-0.2, 0) is 0 Å². The van der Waals surface area contributed by atoms with Gasteiger partial charge in [-0.05, 0) is 43.1 Å². The van der Waals surface area contributed by atoms with Gasteiger partial charge < -0.3 is 15.7 Å². The van der Waals surface area contributed by atoms with Gasteiger partial charge in [0.2, 0.25) is 0 Å². The number of carbonyl (C=O) groups excluding carboxylic acids is 1. The third-order valence-electron chi connectivity index (χ3n) is 4.91. The summed E-state index contributed by atoms with van der Waals surface area (Å²) in [6.45, 7) is 2.57. The number of carbonyl (C=O) groups is 1. The molecule has 0 aliphatic heterocycles. The van der Waals surface area contributed by atoms with Crippen molar-refractivity contribution in [2.24, 2.45) is 11.8 Å². The second kappa shape index (κ2) is 5.68. The number of urea groups is 1. The van der Waals surface area contributed by atoms with Gasteiger partial charge in [0, 0.05) is 6.54 Å². The lowest BCUT2D eigenvalue weighted by molar-refractivity contribution is -0.0290. The van der Waals surface area contributed by atoms with Crippen molar-refractivity contribution < 1.29 is 9.90 Å². The van der Waals surface area contributed by atoms with E-state index < -0.39 is 5.60 Å². The molecule has 0 spiro atoms. The topological polar surface area (TPSA) is 61.4 Å². The molecule has 3 rings (SSSR count). The zero-order valence-corrected chi connectivity index (χ0v) is 12.5. The minimum absolute atomic E-state index is 0.0669. The number of nitrogens with one attached hydrogen (secondary N) is 2. The van der Waals surface area contributed by atoms with E-state index in [0.717, 1.165) is 31.2 Å². The molecule has 2 aliphatic carbocycles. The molecule has 4 nitrogen and oxygen atoms in total. The smallest absolute Gasteiger partial charge is 0.315 e. The van der Waals surface area contributed by atoms with E-state index in [4.69, 9.17) is 0 Å². The number of rotatable bonds is 5. The van der Waals surface area contributed by atoms with Crippen molar-refractivity contribution in [3.8, 4) is 0 Å². The summed E-state index contributed by atoms with van der Waals surface area (Å²) >= 11 is 0. The predicted octanol–water partition coefficient (Wildman–Crippen LogP) is 2.60. The number of amides is 2. The number of hydrogen-bond acceptors (Lipinski definition) is 2. The average molecular weight is 288 g/mol. The summed E-state index contributed by atoms with van der Waals surface area (Å²) in [4.78, 5) is 12.1. The Morgan fingerprint density at radius 1 is 1.38 bits per heavy atom. The van der Waals surface area contributed by atoms with Gasteiger partial charge in [0.05, 0.1) is 11.6 Å². The molecule has 1 aromatic carbocycles. The van der Waals surface area contributed by atoms with Crippen molar-refractivity contribution in [3.05, 3.63) is 35.9 Å². The minimum Gasteiger partial charge on any atom is -0.388 e. The first kappa shape index (κ1) is 14.4. The molecule has 21 heavy (non-hydrogen) atoms. The maximum absolute atomic E-state index is 12.1. The van der Waals surface area contributed by atoms with Crippen LogP contribution in [0, 0.1) is 11.8 Å². The van der Waals surface area contributed by atoms with Crippen molar-refractivity contribution in [3.63, 3.8) is 0 Å². The Morgan fingerprint density at radius 3 is 2.57 bits per heavy atom. The molecular formula is C17H24N2O2. The van der Waals surface area contributed by atoms with E-state index in [1.54, 1.807) is 0 Å². The fourth-order valence-corrected chi connectivity index (χ4v) is 3.11. The fraction of sp³-hybridized carbons (Fsp3) is 0.588. The molecule has 1 aromatic rings. The van der Waals surface area contributed by atoms with E-state index in [9.17, 15) is 9.90 Å². The Labute approximate surface area is 125 Å². The monoisotopic (exact) mass is 288 g/mol. The molecule has 2 saturated carbocycles. The largest absolute Gasteiger partial charge is 0.388 e. The second-order valence-electron chi connectivity index (χ2n) is 6.67. The molecule has 3 N–H and O–H groups in total. The quantitative estimate of drug-likeness (QED) is 0.780. The lowest BCUT2D eigenvalue weighted by Crippen LogP contribution is -2.50. The van der Waals surface area contributed by atoms with Crippen LogP contribution in [0.1, 0.15) is 44.2 Å². The van der Waals surface area contributed by atoms with Gasteiger partial charge in [-0.1, -0.05) is 37.3 Å². The highest BCUT2D eigenvalue weighted by Gasteiger charge is 2.41. The summed E-state index contributed by atoms with van der Waals surface area (Å²) < 4.78 is 0. The van der Waals surface area contributed by atoms with Crippen LogP contribution in [0.5, 0.6) is 0 Å². The van der Waals surface area contributed by atoms with Gasteiger partial charge in [0.25, 0.3) is 0 Å². The van der Waals surface area contributed by atoms with Crippen molar-refractivity contribution in [1.29, 1.82) is 0 Å². The van der Waals surface area contributed by atoms with E-state index in [2.05, 4.69) is 29.7 Å². The van der Waals surface area contributed by atoms with Gasteiger partial charge >= 0.3 is 6.03 Å². The van der Waals surface area contributed by atoms with Crippen molar-refractivity contribution >= 4 is 6.03 Å². The van der Waals surface area contributed by atoms with Gasteiger partial charge in [0.15, 0.2) is 0 Å². The second-order valence-corrected chi connectivity index (χ2v) is 6.67.